The molecular weight excluding hydrogens is 410 g/mol. The Bertz CT molecular complexity index is 984. The number of rotatable bonds is 6. The lowest BCUT2D eigenvalue weighted by Crippen LogP contribution is -2.26. The third kappa shape index (κ3) is 5.37. The molecule has 31 heavy (non-hydrogen) atoms. The molecule has 0 saturated carbocycles. The van der Waals surface area contributed by atoms with E-state index in [4.69, 9.17) is 9.47 Å². The van der Waals surface area contributed by atoms with E-state index in [1.54, 1.807) is 6.08 Å². The van der Waals surface area contributed by atoms with Crippen molar-refractivity contribution in [3.63, 3.8) is 0 Å². The van der Waals surface area contributed by atoms with Gasteiger partial charge < -0.3 is 14.8 Å². The van der Waals surface area contributed by atoms with E-state index < -0.39 is 5.97 Å². The SMILES string of the molecule is CCOc1ccccc1C=CC(=O)Nc1sc2c(c1C(=O)OC)CCC(C(C)(C)C)C2. The molecule has 5 nitrogen and oxygen atoms in total. The van der Waals surface area contributed by atoms with Gasteiger partial charge in [0.15, 0.2) is 0 Å². The van der Waals surface area contributed by atoms with Crippen molar-refractivity contribution in [2.24, 2.45) is 11.3 Å². The molecule has 0 fully saturated rings. The minimum absolute atomic E-state index is 0.202. The first-order valence-electron chi connectivity index (χ1n) is 10.7. The topological polar surface area (TPSA) is 64.6 Å². The summed E-state index contributed by atoms with van der Waals surface area (Å²) < 4.78 is 10.6. The van der Waals surface area contributed by atoms with Crippen molar-refractivity contribution in [2.45, 2.75) is 47.0 Å². The van der Waals surface area contributed by atoms with E-state index in [-0.39, 0.29) is 11.3 Å². The average Bonchev–Trinajstić information content (AvgIpc) is 3.09. The molecule has 1 aliphatic rings. The number of hydrogen-bond donors (Lipinski definition) is 1. The number of hydrogen-bond acceptors (Lipinski definition) is 5. The summed E-state index contributed by atoms with van der Waals surface area (Å²) in [5, 5.41) is 3.48. The number of carbonyl (C=O) groups is 2. The molecule has 1 aliphatic carbocycles. The minimum Gasteiger partial charge on any atom is -0.493 e. The number of ether oxygens (including phenoxy) is 2. The number of benzene rings is 1. The first-order valence-corrected chi connectivity index (χ1v) is 11.5. The lowest BCUT2D eigenvalue weighted by atomic mass is 9.72. The molecule has 0 radical (unpaired) electrons. The van der Waals surface area contributed by atoms with Crippen molar-refractivity contribution in [3.8, 4) is 5.75 Å². The van der Waals surface area contributed by atoms with Crippen LogP contribution in [0.25, 0.3) is 6.08 Å². The van der Waals surface area contributed by atoms with E-state index in [0.717, 1.165) is 36.1 Å². The molecule has 3 rings (SSSR count). The Morgan fingerprint density at radius 2 is 2.00 bits per heavy atom. The van der Waals surface area contributed by atoms with Gasteiger partial charge in [-0.3, -0.25) is 4.79 Å². The molecule has 0 aliphatic heterocycles. The van der Waals surface area contributed by atoms with Gasteiger partial charge in [-0.25, -0.2) is 4.79 Å². The molecule has 166 valence electrons. The number of carbonyl (C=O) groups excluding carboxylic acids is 2. The standard InChI is InChI=1S/C25H31NO4S/c1-6-30-19-10-8-7-9-16(19)11-14-21(27)26-23-22(24(28)29-5)18-13-12-17(25(2,3)4)15-20(18)31-23/h7-11,14,17H,6,12-13,15H2,1-5H3,(H,26,27). The van der Waals surface area contributed by atoms with Crippen LogP contribution in [0.1, 0.15) is 60.5 Å². The Morgan fingerprint density at radius 1 is 1.26 bits per heavy atom. The lowest BCUT2D eigenvalue weighted by molar-refractivity contribution is -0.111. The highest BCUT2D eigenvalue weighted by Gasteiger charge is 2.34. The molecule has 0 bridgehead atoms. The van der Waals surface area contributed by atoms with E-state index in [2.05, 4.69) is 26.1 Å². The zero-order valence-corrected chi connectivity index (χ0v) is 19.7. The van der Waals surface area contributed by atoms with Crippen molar-refractivity contribution in [2.75, 3.05) is 19.0 Å². The van der Waals surface area contributed by atoms with E-state index in [1.807, 2.05) is 31.2 Å². The molecule has 6 heteroatoms. The highest BCUT2D eigenvalue weighted by molar-refractivity contribution is 7.17. The number of thiophene rings is 1. The predicted octanol–water partition coefficient (Wildman–Crippen LogP) is 5.74. The molecule has 1 aromatic heterocycles. The van der Waals surface area contributed by atoms with Gasteiger partial charge in [0.05, 0.1) is 19.3 Å². The molecule has 1 atom stereocenters. The zero-order valence-electron chi connectivity index (χ0n) is 18.9. The number of nitrogens with one attached hydrogen (secondary N) is 1. The molecule has 1 amide bonds. The van der Waals surface area contributed by atoms with Crippen LogP contribution >= 0.6 is 11.3 Å². The highest BCUT2D eigenvalue weighted by atomic mass is 32.1. The summed E-state index contributed by atoms with van der Waals surface area (Å²) in [6.07, 6.45) is 5.96. The van der Waals surface area contributed by atoms with Crippen LogP contribution in [-0.2, 0) is 22.4 Å². The number of fused-ring (bicyclic) bond motifs is 1. The zero-order chi connectivity index (χ0) is 22.6. The van der Waals surface area contributed by atoms with Gasteiger partial charge in [0.2, 0.25) is 5.91 Å². The second-order valence-corrected chi connectivity index (χ2v) is 9.90. The summed E-state index contributed by atoms with van der Waals surface area (Å²) >= 11 is 1.50. The maximum absolute atomic E-state index is 12.7. The number of esters is 1. The second kappa shape index (κ2) is 9.69. The van der Waals surface area contributed by atoms with Gasteiger partial charge in [0, 0.05) is 16.5 Å². The van der Waals surface area contributed by atoms with Crippen LogP contribution < -0.4 is 10.1 Å². The fourth-order valence-corrected chi connectivity index (χ4v) is 5.27. The summed E-state index contributed by atoms with van der Waals surface area (Å²) in [6, 6.07) is 7.56. The lowest BCUT2D eigenvalue weighted by Gasteiger charge is -2.33. The fraction of sp³-hybridized carbons (Fsp3) is 0.440. The van der Waals surface area contributed by atoms with Crippen molar-refractivity contribution < 1.29 is 19.1 Å². The summed E-state index contributed by atoms with van der Waals surface area (Å²) in [5.74, 6) is 0.585. The van der Waals surface area contributed by atoms with Crippen molar-refractivity contribution in [1.82, 2.24) is 0 Å². The Hall–Kier alpha value is -2.60. The summed E-state index contributed by atoms with van der Waals surface area (Å²) in [5.41, 5.74) is 2.56. The number of methoxy groups -OCH3 is 1. The maximum atomic E-state index is 12.7. The van der Waals surface area contributed by atoms with Crippen LogP contribution in [0.4, 0.5) is 5.00 Å². The molecule has 0 spiro atoms. The van der Waals surface area contributed by atoms with Crippen LogP contribution in [0.5, 0.6) is 5.75 Å². The van der Waals surface area contributed by atoms with Crippen LogP contribution in [0.3, 0.4) is 0 Å². The summed E-state index contributed by atoms with van der Waals surface area (Å²) in [7, 11) is 1.38. The molecule has 1 heterocycles. The molecule has 1 aromatic carbocycles. The second-order valence-electron chi connectivity index (χ2n) is 8.80. The Balaban J connectivity index is 1.84. The Morgan fingerprint density at radius 3 is 2.68 bits per heavy atom. The van der Waals surface area contributed by atoms with Gasteiger partial charge in [0.25, 0.3) is 0 Å². The van der Waals surface area contributed by atoms with Crippen molar-refractivity contribution in [3.05, 3.63) is 51.9 Å². The summed E-state index contributed by atoms with van der Waals surface area (Å²) in [6.45, 7) is 9.24. The third-order valence-electron chi connectivity index (χ3n) is 5.75. The fourth-order valence-electron chi connectivity index (χ4n) is 3.96. The van der Waals surface area contributed by atoms with Gasteiger partial charge in [-0.2, -0.15) is 0 Å². The first-order chi connectivity index (χ1) is 14.7. The minimum atomic E-state index is -0.396. The van der Waals surface area contributed by atoms with E-state index >= 15 is 0 Å². The van der Waals surface area contributed by atoms with Crippen molar-refractivity contribution >= 4 is 34.3 Å². The molecular formula is C25H31NO4S. The molecule has 2 aromatic rings. The molecule has 1 unspecified atom stereocenters. The van der Waals surface area contributed by atoms with E-state index in [9.17, 15) is 9.59 Å². The monoisotopic (exact) mass is 441 g/mol. The van der Waals surface area contributed by atoms with Crippen LogP contribution in [0.2, 0.25) is 0 Å². The molecule has 0 saturated heterocycles. The average molecular weight is 442 g/mol. The van der Waals surface area contributed by atoms with Gasteiger partial charge >= 0.3 is 5.97 Å². The van der Waals surface area contributed by atoms with Gasteiger partial charge in [-0.1, -0.05) is 39.0 Å². The summed E-state index contributed by atoms with van der Waals surface area (Å²) in [4.78, 5) is 26.4. The highest BCUT2D eigenvalue weighted by Crippen LogP contribution is 2.44. The number of anilines is 1. The van der Waals surface area contributed by atoms with Gasteiger partial charge in [0.1, 0.15) is 10.8 Å². The number of para-hydroxylation sites is 1. The van der Waals surface area contributed by atoms with E-state index in [1.165, 1.54) is 29.4 Å². The Kier molecular flexibility index (Phi) is 7.21. The van der Waals surface area contributed by atoms with Crippen LogP contribution in [-0.4, -0.2) is 25.6 Å². The predicted molar refractivity (Wildman–Crippen MR) is 126 cm³/mol. The normalized spacial score (nSPS) is 16.1. The first kappa shape index (κ1) is 23.1. The van der Waals surface area contributed by atoms with Crippen LogP contribution in [0.15, 0.2) is 30.3 Å². The third-order valence-corrected chi connectivity index (χ3v) is 6.92. The smallest absolute Gasteiger partial charge is 0.341 e. The quantitative estimate of drug-likeness (QED) is 0.459. The van der Waals surface area contributed by atoms with Crippen LogP contribution in [0, 0.1) is 11.3 Å². The maximum Gasteiger partial charge on any atom is 0.341 e. The van der Waals surface area contributed by atoms with E-state index in [0.29, 0.717) is 23.1 Å². The van der Waals surface area contributed by atoms with Gasteiger partial charge in [-0.05, 0) is 55.2 Å². The van der Waals surface area contributed by atoms with Gasteiger partial charge in [-0.15, -0.1) is 11.3 Å². The number of amides is 1. The van der Waals surface area contributed by atoms with Crippen molar-refractivity contribution in [1.29, 1.82) is 0 Å². The largest absolute Gasteiger partial charge is 0.493 e. The Labute approximate surface area is 188 Å². The molecule has 1 N–H and O–H groups in total.